The largest absolute Gasteiger partial charge is 0.0622 e. The van der Waals surface area contributed by atoms with Crippen molar-refractivity contribution in [3.8, 4) is 66.8 Å². The Labute approximate surface area is 552 Å². The van der Waals surface area contributed by atoms with Crippen LogP contribution in [0, 0.1) is 0 Å². The zero-order valence-electron chi connectivity index (χ0n) is 52.2. The van der Waals surface area contributed by atoms with Gasteiger partial charge in [0.1, 0.15) is 0 Å². The van der Waals surface area contributed by atoms with Crippen LogP contribution in [-0.2, 0) is 0 Å². The van der Waals surface area contributed by atoms with Gasteiger partial charge in [0.15, 0.2) is 0 Å². The van der Waals surface area contributed by atoms with Gasteiger partial charge >= 0.3 is 0 Å². The molecule has 0 atom stereocenters. The quantitative estimate of drug-likeness (QED) is 0.146. The highest BCUT2D eigenvalue weighted by Gasteiger charge is 2.31. The molecular weight excluding hydrogens is 1150 g/mol. The Balaban J connectivity index is 0.953. The third kappa shape index (κ3) is 7.12. The molecular formula is C96H54. The summed E-state index contributed by atoms with van der Waals surface area (Å²) in [5.74, 6) is 0. The molecule has 0 heteroatoms. The van der Waals surface area contributed by atoms with E-state index in [-0.39, 0.29) is 0 Å². The number of rotatable bonds is 6. The zero-order valence-corrected chi connectivity index (χ0v) is 52.2. The standard InChI is InChI=1S/C96H54/c1-4-22-55(23-5-1)67-31-16-19-34-70(67)61-40-43-64-52-82-88-79(49-58-28-10-13-37-73(58)85(88)76(64)46-61)91-94(82)92-80-50-59-29-11-14-38-74(59)86-78-48-63(72-36-21-18-33-69(72)57-26-8-3-9-27-57)42-45-66(78)54-84(89(80)86)96(92)93-81-51-60-30-12-15-39-75(60)87-77-47-62(41-44-65(77)53-83(90(81)87)95(91)93)71-35-20-17-32-68(71)56-24-6-2-7-25-56/h1-54H. The Morgan fingerprint density at radius 2 is 0.302 bits per heavy atom. The Morgan fingerprint density at radius 1 is 0.104 bits per heavy atom. The second-order valence-corrected chi connectivity index (χ2v) is 26.8. The van der Waals surface area contributed by atoms with Crippen molar-refractivity contribution in [3.05, 3.63) is 328 Å². The van der Waals surface area contributed by atoms with Crippen LogP contribution in [0.3, 0.4) is 0 Å². The molecule has 0 N–H and O–H groups in total. The van der Waals surface area contributed by atoms with E-state index in [9.17, 15) is 0 Å². The SMILES string of the molecule is c1ccc(-c2ccccc2-c2ccc3cc4c5c(cc6ccccc6c5c3c2)c2c4c3c4cc5ccccc5c5c6cc(-c7ccccc7-c7ccccc7)ccc6cc(c45)c3c3c4cc5ccccc5c5c6cc(-c7ccccc7-c7ccccc7)ccc6cc(c45)c23)cc1. The van der Waals surface area contributed by atoms with E-state index < -0.39 is 0 Å². The fourth-order valence-electron chi connectivity index (χ4n) is 18.0. The first kappa shape index (κ1) is 52.1. The Kier molecular flexibility index (Phi) is 10.6. The van der Waals surface area contributed by atoms with E-state index in [0.717, 1.165) is 0 Å². The maximum Gasteiger partial charge on any atom is -0.000672 e. The van der Waals surface area contributed by atoms with Gasteiger partial charge in [-0.1, -0.05) is 273 Å². The van der Waals surface area contributed by atoms with Crippen molar-refractivity contribution in [2.75, 3.05) is 0 Å². The normalized spacial score (nSPS) is 12.4. The summed E-state index contributed by atoms with van der Waals surface area (Å²) in [5, 5.41) is 38.9. The predicted molar refractivity (Wildman–Crippen MR) is 415 cm³/mol. The monoisotopic (exact) mass is 1210 g/mol. The average Bonchev–Trinajstić information content (AvgIpc) is 1.49. The summed E-state index contributed by atoms with van der Waals surface area (Å²) in [6.07, 6.45) is 0. The van der Waals surface area contributed by atoms with E-state index in [1.54, 1.807) is 0 Å². The van der Waals surface area contributed by atoms with Gasteiger partial charge in [-0.2, -0.15) is 0 Å². The van der Waals surface area contributed by atoms with Gasteiger partial charge in [-0.05, 0) is 283 Å². The molecule has 0 radical (unpaired) electrons. The van der Waals surface area contributed by atoms with Crippen molar-refractivity contribution >= 4 is 162 Å². The van der Waals surface area contributed by atoms with Gasteiger partial charge in [0.05, 0.1) is 0 Å². The van der Waals surface area contributed by atoms with Crippen LogP contribution in [0.1, 0.15) is 0 Å². The number of hydrogen-bond donors (Lipinski definition) is 0. The fourth-order valence-corrected chi connectivity index (χ4v) is 18.0. The van der Waals surface area contributed by atoms with Crippen LogP contribution in [0.25, 0.3) is 228 Å². The van der Waals surface area contributed by atoms with Crippen molar-refractivity contribution in [1.29, 1.82) is 0 Å². The molecule has 0 aliphatic carbocycles. The predicted octanol–water partition coefficient (Wildman–Crippen LogP) is 27.3. The lowest BCUT2D eigenvalue weighted by atomic mass is 9.89. The maximum absolute atomic E-state index is 2.58. The molecule has 0 amide bonds. The molecule has 0 unspecified atom stereocenters. The Morgan fingerprint density at radius 3 is 0.562 bits per heavy atom. The number of hydrogen-bond acceptors (Lipinski definition) is 0. The molecule has 0 nitrogen and oxygen atoms in total. The van der Waals surface area contributed by atoms with Crippen molar-refractivity contribution in [2.45, 2.75) is 0 Å². The molecule has 0 saturated heterocycles. The fraction of sp³-hybridized carbons (Fsp3) is 0. The van der Waals surface area contributed by atoms with Gasteiger partial charge in [-0.15, -0.1) is 0 Å². The van der Waals surface area contributed by atoms with Crippen LogP contribution in [-0.4, -0.2) is 0 Å². The molecule has 438 valence electrons. The smallest absolute Gasteiger partial charge is 0.000672 e. The minimum absolute atomic E-state index is 1.21. The van der Waals surface area contributed by atoms with Gasteiger partial charge in [0, 0.05) is 0 Å². The van der Waals surface area contributed by atoms with Gasteiger partial charge in [-0.25, -0.2) is 0 Å². The first-order chi connectivity index (χ1) is 47.6. The van der Waals surface area contributed by atoms with E-state index in [4.69, 9.17) is 0 Å². The van der Waals surface area contributed by atoms with Crippen LogP contribution in [0.5, 0.6) is 0 Å². The van der Waals surface area contributed by atoms with Crippen LogP contribution in [0.2, 0.25) is 0 Å². The molecule has 0 bridgehead atoms. The first-order valence-electron chi connectivity index (χ1n) is 33.6. The number of fused-ring (bicyclic) bond motifs is 24. The summed E-state index contributed by atoms with van der Waals surface area (Å²) in [6.45, 7) is 0. The van der Waals surface area contributed by atoms with E-state index >= 15 is 0 Å². The molecule has 22 aromatic rings. The highest BCUT2D eigenvalue weighted by molar-refractivity contribution is 6.59. The van der Waals surface area contributed by atoms with Crippen molar-refractivity contribution in [3.63, 3.8) is 0 Å². The topological polar surface area (TPSA) is 0 Å². The zero-order chi connectivity index (χ0) is 62.4. The van der Waals surface area contributed by atoms with Crippen LogP contribution in [0.15, 0.2) is 328 Å². The Hall–Kier alpha value is -12.5. The average molecular weight is 1210 g/mol. The minimum atomic E-state index is 1.21. The molecule has 0 aromatic heterocycles. The lowest BCUT2D eigenvalue weighted by Gasteiger charge is -2.14. The molecule has 0 aliphatic heterocycles. The van der Waals surface area contributed by atoms with Crippen LogP contribution >= 0.6 is 0 Å². The molecule has 0 aliphatic rings. The summed E-state index contributed by atoms with van der Waals surface area (Å²) >= 11 is 0. The molecule has 22 aromatic carbocycles. The molecule has 0 spiro atoms. The first-order valence-corrected chi connectivity index (χ1v) is 33.6. The molecule has 0 heterocycles. The van der Waals surface area contributed by atoms with Gasteiger partial charge in [0.2, 0.25) is 0 Å². The third-order valence-corrected chi connectivity index (χ3v) is 21.9. The summed E-state index contributed by atoms with van der Waals surface area (Å²) in [5.41, 5.74) is 14.7. The highest BCUT2D eigenvalue weighted by Crippen LogP contribution is 2.60. The highest BCUT2D eigenvalue weighted by atomic mass is 14.3. The van der Waals surface area contributed by atoms with Gasteiger partial charge in [0.25, 0.3) is 0 Å². The molecule has 0 fully saturated rings. The van der Waals surface area contributed by atoms with Gasteiger partial charge < -0.3 is 0 Å². The van der Waals surface area contributed by atoms with Crippen molar-refractivity contribution in [2.24, 2.45) is 0 Å². The lowest BCUT2D eigenvalue weighted by molar-refractivity contribution is 1.60. The summed E-state index contributed by atoms with van der Waals surface area (Å²) in [4.78, 5) is 0. The van der Waals surface area contributed by atoms with E-state index in [2.05, 4.69) is 328 Å². The molecule has 96 heavy (non-hydrogen) atoms. The van der Waals surface area contributed by atoms with Gasteiger partial charge in [-0.3, -0.25) is 0 Å². The van der Waals surface area contributed by atoms with E-state index in [1.165, 1.54) is 228 Å². The van der Waals surface area contributed by atoms with E-state index in [0.29, 0.717) is 0 Å². The summed E-state index contributed by atoms with van der Waals surface area (Å²) in [6, 6.07) is 124. The minimum Gasteiger partial charge on any atom is -0.0622 e. The second-order valence-electron chi connectivity index (χ2n) is 26.8. The lowest BCUT2D eigenvalue weighted by Crippen LogP contribution is -1.87. The van der Waals surface area contributed by atoms with E-state index in [1.807, 2.05) is 0 Å². The summed E-state index contributed by atoms with van der Waals surface area (Å²) < 4.78 is 0. The van der Waals surface area contributed by atoms with Crippen molar-refractivity contribution in [1.82, 2.24) is 0 Å². The molecule has 22 rings (SSSR count). The molecule has 0 saturated carbocycles. The Bertz CT molecular complexity index is 6300. The maximum atomic E-state index is 2.58. The third-order valence-electron chi connectivity index (χ3n) is 21.9. The number of benzene rings is 19. The van der Waals surface area contributed by atoms with Crippen molar-refractivity contribution < 1.29 is 0 Å². The second kappa shape index (κ2) is 19.5. The van der Waals surface area contributed by atoms with Crippen LogP contribution in [0.4, 0.5) is 0 Å². The summed E-state index contributed by atoms with van der Waals surface area (Å²) in [7, 11) is 0. The van der Waals surface area contributed by atoms with Crippen LogP contribution < -0.4 is 0 Å².